The number of aryl methyl sites for hydroxylation is 1. The number of aromatic nitrogens is 2. The SMILES string of the molecule is Cc1cc(CN2CCSCC2)ccc1NC(=O)c1cnn(-c2cccc(Cl)c2)c1C(C)C. The van der Waals surface area contributed by atoms with Crippen molar-refractivity contribution in [2.45, 2.75) is 33.2 Å². The molecule has 0 radical (unpaired) electrons. The molecule has 2 heterocycles. The van der Waals surface area contributed by atoms with Crippen LogP contribution in [0.25, 0.3) is 5.69 Å². The summed E-state index contributed by atoms with van der Waals surface area (Å²) in [6, 6.07) is 13.8. The summed E-state index contributed by atoms with van der Waals surface area (Å²) in [4.78, 5) is 15.7. The van der Waals surface area contributed by atoms with E-state index < -0.39 is 0 Å². The van der Waals surface area contributed by atoms with Crippen molar-refractivity contribution in [3.63, 3.8) is 0 Å². The Labute approximate surface area is 199 Å². The summed E-state index contributed by atoms with van der Waals surface area (Å²) >= 11 is 8.19. The molecule has 1 aliphatic rings. The number of nitrogens with zero attached hydrogens (tertiary/aromatic N) is 3. The van der Waals surface area contributed by atoms with Gasteiger partial charge in [-0.25, -0.2) is 4.68 Å². The minimum atomic E-state index is -0.147. The molecule has 1 aliphatic heterocycles. The number of carbonyl (C=O) groups is 1. The Bertz CT molecular complexity index is 1110. The van der Waals surface area contributed by atoms with E-state index in [2.05, 4.69) is 41.3 Å². The second kappa shape index (κ2) is 10.1. The third-order valence-corrected chi connectivity index (χ3v) is 6.88. The lowest BCUT2D eigenvalue weighted by Gasteiger charge is -2.26. The topological polar surface area (TPSA) is 50.2 Å². The molecule has 0 unspecified atom stereocenters. The van der Waals surface area contributed by atoms with Crippen molar-refractivity contribution in [3.05, 3.63) is 76.1 Å². The van der Waals surface area contributed by atoms with Gasteiger partial charge in [0.2, 0.25) is 0 Å². The van der Waals surface area contributed by atoms with Crippen LogP contribution in [0.15, 0.2) is 48.7 Å². The molecule has 3 aromatic rings. The smallest absolute Gasteiger partial charge is 0.259 e. The van der Waals surface area contributed by atoms with Gasteiger partial charge >= 0.3 is 0 Å². The first-order chi connectivity index (χ1) is 15.4. The molecule has 168 valence electrons. The number of anilines is 1. The van der Waals surface area contributed by atoms with E-state index in [0.717, 1.165) is 42.3 Å². The first kappa shape index (κ1) is 22.9. The van der Waals surface area contributed by atoms with Crippen LogP contribution in [-0.2, 0) is 6.54 Å². The van der Waals surface area contributed by atoms with Gasteiger partial charge in [-0.1, -0.05) is 43.6 Å². The molecule has 1 amide bonds. The minimum absolute atomic E-state index is 0.114. The Kier molecular flexibility index (Phi) is 7.23. The Morgan fingerprint density at radius 3 is 2.66 bits per heavy atom. The average molecular weight is 469 g/mol. The number of hydrogen-bond acceptors (Lipinski definition) is 4. The Balaban J connectivity index is 1.53. The molecule has 0 saturated carbocycles. The first-order valence-corrected chi connectivity index (χ1v) is 12.5. The van der Waals surface area contributed by atoms with Gasteiger partial charge in [0.25, 0.3) is 5.91 Å². The third kappa shape index (κ3) is 5.20. The van der Waals surface area contributed by atoms with Crippen molar-refractivity contribution in [2.24, 2.45) is 0 Å². The van der Waals surface area contributed by atoms with Gasteiger partial charge < -0.3 is 5.32 Å². The van der Waals surface area contributed by atoms with Crippen LogP contribution in [0.4, 0.5) is 5.69 Å². The molecule has 7 heteroatoms. The lowest BCUT2D eigenvalue weighted by atomic mass is 10.0. The highest BCUT2D eigenvalue weighted by atomic mass is 35.5. The monoisotopic (exact) mass is 468 g/mol. The van der Waals surface area contributed by atoms with E-state index in [1.165, 1.54) is 17.1 Å². The van der Waals surface area contributed by atoms with E-state index in [-0.39, 0.29) is 11.8 Å². The second-order valence-corrected chi connectivity index (χ2v) is 10.1. The van der Waals surface area contributed by atoms with Crippen molar-refractivity contribution in [3.8, 4) is 5.69 Å². The van der Waals surface area contributed by atoms with Gasteiger partial charge in [0.05, 0.1) is 23.1 Å². The van der Waals surface area contributed by atoms with Gasteiger partial charge in [-0.15, -0.1) is 0 Å². The Morgan fingerprint density at radius 1 is 1.19 bits per heavy atom. The van der Waals surface area contributed by atoms with Crippen molar-refractivity contribution < 1.29 is 4.79 Å². The van der Waals surface area contributed by atoms with Crippen LogP contribution in [0.3, 0.4) is 0 Å². The number of nitrogens with one attached hydrogen (secondary N) is 1. The zero-order chi connectivity index (χ0) is 22.7. The number of halogens is 1. The Morgan fingerprint density at radius 2 is 1.97 bits per heavy atom. The fourth-order valence-corrected chi connectivity index (χ4v) is 5.24. The van der Waals surface area contributed by atoms with Crippen LogP contribution in [-0.4, -0.2) is 45.2 Å². The van der Waals surface area contributed by atoms with Crippen LogP contribution in [0.1, 0.15) is 46.9 Å². The summed E-state index contributed by atoms with van der Waals surface area (Å²) in [6.07, 6.45) is 1.64. The molecular weight excluding hydrogens is 440 g/mol. The van der Waals surface area contributed by atoms with Gasteiger partial charge in [-0.2, -0.15) is 16.9 Å². The fraction of sp³-hybridized carbons (Fsp3) is 0.360. The quantitative estimate of drug-likeness (QED) is 0.499. The fourth-order valence-electron chi connectivity index (χ4n) is 4.07. The maximum absolute atomic E-state index is 13.2. The molecule has 0 atom stereocenters. The minimum Gasteiger partial charge on any atom is -0.322 e. The summed E-state index contributed by atoms with van der Waals surface area (Å²) in [5.41, 5.74) is 5.46. The van der Waals surface area contributed by atoms with E-state index in [0.29, 0.717) is 10.6 Å². The summed E-state index contributed by atoms with van der Waals surface area (Å²) in [5.74, 6) is 2.37. The van der Waals surface area contributed by atoms with Gasteiger partial charge in [0.1, 0.15) is 0 Å². The summed E-state index contributed by atoms with van der Waals surface area (Å²) in [5, 5.41) is 8.23. The number of carbonyl (C=O) groups excluding carboxylic acids is 1. The van der Waals surface area contributed by atoms with Crippen molar-refractivity contribution in [2.75, 3.05) is 29.9 Å². The van der Waals surface area contributed by atoms with Gasteiger partial charge in [0, 0.05) is 41.8 Å². The summed E-state index contributed by atoms with van der Waals surface area (Å²) in [6.45, 7) is 9.40. The van der Waals surface area contributed by atoms with Crippen LogP contribution in [0.2, 0.25) is 5.02 Å². The molecule has 0 bridgehead atoms. The molecule has 0 spiro atoms. The molecule has 2 aromatic carbocycles. The van der Waals surface area contributed by atoms with E-state index >= 15 is 0 Å². The lowest BCUT2D eigenvalue weighted by molar-refractivity contribution is 0.102. The van der Waals surface area contributed by atoms with Crippen molar-refractivity contribution in [1.82, 2.24) is 14.7 Å². The average Bonchev–Trinajstić information content (AvgIpc) is 3.22. The van der Waals surface area contributed by atoms with Gasteiger partial charge in [-0.05, 0) is 48.2 Å². The third-order valence-electron chi connectivity index (χ3n) is 5.70. The van der Waals surface area contributed by atoms with Crippen molar-refractivity contribution >= 4 is 35.0 Å². The molecule has 0 aliphatic carbocycles. The first-order valence-electron chi connectivity index (χ1n) is 11.0. The number of thioether (sulfide) groups is 1. The van der Waals surface area contributed by atoms with Crippen molar-refractivity contribution in [1.29, 1.82) is 0 Å². The van der Waals surface area contributed by atoms with E-state index in [1.54, 1.807) is 10.9 Å². The van der Waals surface area contributed by atoms with Crippen LogP contribution in [0.5, 0.6) is 0 Å². The molecule has 1 N–H and O–H groups in total. The normalized spacial score (nSPS) is 14.7. The molecular formula is C25H29ClN4OS. The number of rotatable bonds is 6. The second-order valence-electron chi connectivity index (χ2n) is 8.48. The van der Waals surface area contributed by atoms with Crippen LogP contribution >= 0.6 is 23.4 Å². The zero-order valence-corrected chi connectivity index (χ0v) is 20.3. The number of hydrogen-bond donors (Lipinski definition) is 1. The Hall–Kier alpha value is -2.28. The lowest BCUT2D eigenvalue weighted by Crippen LogP contribution is -2.31. The molecule has 32 heavy (non-hydrogen) atoms. The van der Waals surface area contributed by atoms with Gasteiger partial charge in [0.15, 0.2) is 0 Å². The van der Waals surface area contributed by atoms with E-state index in [4.69, 9.17) is 11.6 Å². The molecule has 5 nitrogen and oxygen atoms in total. The standard InChI is InChI=1S/C25H29ClN4OS/c1-17(2)24-22(15-27-30(24)21-6-4-5-20(26)14-21)25(31)28-23-8-7-19(13-18(23)3)16-29-9-11-32-12-10-29/h4-8,13-15,17H,9-12,16H2,1-3H3,(H,28,31). The number of amides is 1. The molecule has 1 fully saturated rings. The summed E-state index contributed by atoms with van der Waals surface area (Å²) in [7, 11) is 0. The van der Waals surface area contributed by atoms with E-state index in [9.17, 15) is 4.79 Å². The maximum atomic E-state index is 13.2. The molecule has 1 aromatic heterocycles. The summed E-state index contributed by atoms with van der Waals surface area (Å²) < 4.78 is 1.80. The molecule has 4 rings (SSSR count). The zero-order valence-electron chi connectivity index (χ0n) is 18.8. The van der Waals surface area contributed by atoms with Crippen LogP contribution < -0.4 is 5.32 Å². The predicted octanol–water partition coefficient (Wildman–Crippen LogP) is 5.76. The van der Waals surface area contributed by atoms with E-state index in [1.807, 2.05) is 49.0 Å². The highest BCUT2D eigenvalue weighted by Crippen LogP contribution is 2.26. The van der Waals surface area contributed by atoms with Crippen LogP contribution in [0, 0.1) is 6.92 Å². The number of benzene rings is 2. The molecule has 1 saturated heterocycles. The van der Waals surface area contributed by atoms with Gasteiger partial charge in [-0.3, -0.25) is 9.69 Å². The predicted molar refractivity (Wildman–Crippen MR) is 134 cm³/mol. The maximum Gasteiger partial charge on any atom is 0.259 e. The highest BCUT2D eigenvalue weighted by molar-refractivity contribution is 7.99. The highest BCUT2D eigenvalue weighted by Gasteiger charge is 2.21. The largest absolute Gasteiger partial charge is 0.322 e.